The second-order valence-electron chi connectivity index (χ2n) is 11.0. The van der Waals surface area contributed by atoms with Crippen molar-refractivity contribution in [3.05, 3.63) is 83.0 Å². The third-order valence-corrected chi connectivity index (χ3v) is 7.85. The molecule has 44 heavy (non-hydrogen) atoms. The summed E-state index contributed by atoms with van der Waals surface area (Å²) in [6.07, 6.45) is 2.82. The van der Waals surface area contributed by atoms with Gasteiger partial charge in [-0.05, 0) is 55.8 Å². The monoisotopic (exact) mass is 614 g/mol. The minimum absolute atomic E-state index is 0.124. The molecule has 5 rings (SSSR count). The maximum Gasteiger partial charge on any atom is 0.330 e. The number of carbonyl (C=O) groups is 3. The Bertz CT molecular complexity index is 1690. The van der Waals surface area contributed by atoms with Crippen LogP contribution in [0.4, 0.5) is 27.9 Å². The molecule has 2 unspecified atom stereocenters. The molecular weight excluding hydrogens is 584 g/mol. The van der Waals surface area contributed by atoms with Gasteiger partial charge in [0, 0.05) is 30.1 Å². The van der Waals surface area contributed by atoms with Crippen molar-refractivity contribution < 1.29 is 19.1 Å². The highest BCUT2D eigenvalue weighted by Crippen LogP contribution is 2.35. The fraction of sp³-hybridized carbons (Fsp3) is 0.290. The summed E-state index contributed by atoms with van der Waals surface area (Å²) in [6, 6.07) is 13.1. The molecule has 1 saturated heterocycles. The van der Waals surface area contributed by atoms with E-state index in [1.165, 1.54) is 15.9 Å². The van der Waals surface area contributed by atoms with E-state index in [-0.39, 0.29) is 35.5 Å². The van der Waals surface area contributed by atoms with E-state index in [1.54, 1.807) is 63.5 Å². The Hall–Kier alpha value is -4.99. The summed E-state index contributed by atoms with van der Waals surface area (Å²) >= 11 is 6.54. The molecular formula is C31H31ClN8O4. The van der Waals surface area contributed by atoms with Crippen LogP contribution in [0.3, 0.4) is 0 Å². The van der Waals surface area contributed by atoms with Gasteiger partial charge in [0.15, 0.2) is 0 Å². The van der Waals surface area contributed by atoms with E-state index in [9.17, 15) is 19.6 Å². The lowest BCUT2D eigenvalue weighted by atomic mass is 9.86. The number of carbonyl (C=O) groups excluding carboxylic acids is 3. The molecule has 4 amide bonds. The topological polar surface area (TPSA) is 153 Å². The van der Waals surface area contributed by atoms with Gasteiger partial charge in [0.05, 0.1) is 54.0 Å². The van der Waals surface area contributed by atoms with Crippen LogP contribution < -0.4 is 25.8 Å². The van der Waals surface area contributed by atoms with E-state index in [0.717, 1.165) is 5.56 Å². The first-order chi connectivity index (χ1) is 21.0. The zero-order valence-electron chi connectivity index (χ0n) is 24.4. The quantitative estimate of drug-likeness (QED) is 0.319. The lowest BCUT2D eigenvalue weighted by Crippen LogP contribution is -2.47. The van der Waals surface area contributed by atoms with Gasteiger partial charge in [-0.15, -0.1) is 0 Å². The number of aromatic nitrogens is 2. The van der Waals surface area contributed by atoms with Crippen molar-refractivity contribution in [3.8, 4) is 6.07 Å². The van der Waals surface area contributed by atoms with Gasteiger partial charge >= 0.3 is 6.03 Å². The zero-order chi connectivity index (χ0) is 31.6. The first-order valence-corrected chi connectivity index (χ1v) is 14.2. The number of nitrogens with one attached hydrogen (secondary N) is 3. The smallest absolute Gasteiger partial charge is 0.330 e. The third-order valence-electron chi connectivity index (χ3n) is 7.53. The summed E-state index contributed by atoms with van der Waals surface area (Å²) in [6.45, 7) is 7.89. The molecule has 3 heterocycles. The molecule has 2 aliphatic heterocycles. The Morgan fingerprint density at radius 2 is 1.98 bits per heavy atom. The van der Waals surface area contributed by atoms with E-state index < -0.39 is 17.4 Å². The number of benzene rings is 2. The van der Waals surface area contributed by atoms with Crippen molar-refractivity contribution in [3.63, 3.8) is 0 Å². The second-order valence-corrected chi connectivity index (χ2v) is 11.4. The van der Waals surface area contributed by atoms with Crippen molar-refractivity contribution in [2.75, 3.05) is 40.7 Å². The largest absolute Gasteiger partial charge is 0.377 e. The maximum absolute atomic E-state index is 13.5. The van der Waals surface area contributed by atoms with Crippen molar-refractivity contribution in [1.82, 2.24) is 15.3 Å². The van der Waals surface area contributed by atoms with E-state index in [0.29, 0.717) is 41.5 Å². The molecule has 3 aromatic rings. The highest BCUT2D eigenvalue weighted by atomic mass is 35.5. The number of rotatable bonds is 8. The molecule has 2 atom stereocenters. The van der Waals surface area contributed by atoms with Crippen LogP contribution in [0.2, 0.25) is 5.02 Å². The van der Waals surface area contributed by atoms with Crippen LogP contribution in [0.5, 0.6) is 0 Å². The number of urea groups is 1. The van der Waals surface area contributed by atoms with E-state index >= 15 is 0 Å². The second kappa shape index (κ2) is 12.3. The molecule has 13 heteroatoms. The Morgan fingerprint density at radius 1 is 1.20 bits per heavy atom. The normalized spacial score (nSPS) is 17.8. The fourth-order valence-electron chi connectivity index (χ4n) is 4.93. The van der Waals surface area contributed by atoms with E-state index in [1.807, 2.05) is 6.07 Å². The molecule has 0 saturated carbocycles. The lowest BCUT2D eigenvalue weighted by molar-refractivity contribution is -0.117. The number of fused-ring (bicyclic) bond motifs is 1. The molecule has 0 spiro atoms. The van der Waals surface area contributed by atoms with Crippen LogP contribution in [0.15, 0.2) is 61.3 Å². The van der Waals surface area contributed by atoms with Crippen LogP contribution in [-0.2, 0) is 21.5 Å². The molecule has 1 aromatic heterocycles. The van der Waals surface area contributed by atoms with Gasteiger partial charge < -0.3 is 20.7 Å². The highest BCUT2D eigenvalue weighted by Gasteiger charge is 2.34. The fourth-order valence-corrected chi connectivity index (χ4v) is 5.15. The summed E-state index contributed by atoms with van der Waals surface area (Å²) in [4.78, 5) is 50.4. The van der Waals surface area contributed by atoms with Crippen LogP contribution in [-0.4, -0.2) is 60.2 Å². The predicted molar refractivity (Wildman–Crippen MR) is 167 cm³/mol. The maximum atomic E-state index is 13.5. The molecule has 12 nitrogen and oxygen atoms in total. The number of nitriles is 1. The first-order valence-electron chi connectivity index (χ1n) is 13.8. The number of nitrogens with zero attached hydrogens (tertiary/aromatic N) is 5. The molecule has 0 bridgehead atoms. The van der Waals surface area contributed by atoms with Crippen LogP contribution in [0.25, 0.3) is 0 Å². The number of ether oxygens (including phenoxy) is 1. The van der Waals surface area contributed by atoms with Gasteiger partial charge in [0.25, 0.3) is 5.91 Å². The molecule has 1 fully saturated rings. The summed E-state index contributed by atoms with van der Waals surface area (Å²) < 4.78 is 5.50. The summed E-state index contributed by atoms with van der Waals surface area (Å²) in [5.41, 5.74) is 1.90. The standard InChI is InChI=1S/C31H31ClN8O4/c1-5-26(41)36-23-15-44-16-24(23)37-29-34-13-19-14-40(30(43)39(4)27(19)38-29)25-11-18(9-10-22(25)32)28(42)35-21-8-6-7-20(12-21)31(2,3)17-33/h5-13,23-24H,1,14-16H2,2-4H3,(H,35,42)(H,36,41)(H,34,37,38). The van der Waals surface area contributed by atoms with Gasteiger partial charge in [-0.1, -0.05) is 30.3 Å². The molecule has 3 N–H and O–H groups in total. The predicted octanol–water partition coefficient (Wildman–Crippen LogP) is 4.24. The summed E-state index contributed by atoms with van der Waals surface area (Å²) in [5, 5.41) is 18.6. The minimum Gasteiger partial charge on any atom is -0.377 e. The van der Waals surface area contributed by atoms with Crippen molar-refractivity contribution in [1.29, 1.82) is 5.26 Å². The highest BCUT2D eigenvalue weighted by molar-refractivity contribution is 6.34. The van der Waals surface area contributed by atoms with Gasteiger partial charge in [-0.25, -0.2) is 9.78 Å². The van der Waals surface area contributed by atoms with Crippen LogP contribution in [0.1, 0.15) is 35.3 Å². The number of amides is 4. The molecule has 0 aliphatic carbocycles. The molecule has 2 aromatic carbocycles. The Morgan fingerprint density at radius 3 is 2.73 bits per heavy atom. The van der Waals surface area contributed by atoms with Crippen molar-refractivity contribution in [2.45, 2.75) is 37.9 Å². The molecule has 226 valence electrons. The van der Waals surface area contributed by atoms with E-state index in [2.05, 4.69) is 38.6 Å². The number of halogens is 1. The average Bonchev–Trinajstić information content (AvgIpc) is 3.45. The average molecular weight is 615 g/mol. The van der Waals surface area contributed by atoms with Crippen molar-refractivity contribution >= 4 is 52.6 Å². The van der Waals surface area contributed by atoms with Crippen LogP contribution >= 0.6 is 11.6 Å². The van der Waals surface area contributed by atoms with Crippen LogP contribution in [0, 0.1) is 11.3 Å². The van der Waals surface area contributed by atoms with Gasteiger partial charge in [0.1, 0.15) is 5.82 Å². The SMILES string of the molecule is C=CC(=O)NC1COCC1Nc1ncc2c(n1)N(C)C(=O)N(c1cc(C(=O)Nc3cccc(C(C)(C)C#N)c3)ccc1Cl)C2. The minimum atomic E-state index is -0.720. The third kappa shape index (κ3) is 6.20. The zero-order valence-corrected chi connectivity index (χ0v) is 25.2. The molecule has 0 radical (unpaired) electrons. The number of anilines is 4. The van der Waals surface area contributed by atoms with Gasteiger partial charge in [0.2, 0.25) is 11.9 Å². The number of hydrogen-bond acceptors (Lipinski definition) is 8. The summed E-state index contributed by atoms with van der Waals surface area (Å²) in [7, 11) is 1.59. The van der Waals surface area contributed by atoms with Crippen molar-refractivity contribution in [2.24, 2.45) is 0 Å². The van der Waals surface area contributed by atoms with Gasteiger partial charge in [-0.3, -0.25) is 19.4 Å². The van der Waals surface area contributed by atoms with E-state index in [4.69, 9.17) is 16.3 Å². The molecule has 2 aliphatic rings. The number of hydrogen-bond donors (Lipinski definition) is 3. The van der Waals surface area contributed by atoms with Gasteiger partial charge in [-0.2, -0.15) is 10.2 Å². The summed E-state index contributed by atoms with van der Waals surface area (Å²) in [5.74, 6) is -0.00706. The Labute approximate surface area is 259 Å². The lowest BCUT2D eigenvalue weighted by Gasteiger charge is -2.34. The Kier molecular flexibility index (Phi) is 8.53. The Balaban J connectivity index is 1.34. The first kappa shape index (κ1) is 30.5.